The fourth-order valence-electron chi connectivity index (χ4n) is 1.17. The first kappa shape index (κ1) is 10.7. The van der Waals surface area contributed by atoms with Crippen LogP contribution in [-0.4, -0.2) is 16.0 Å². The van der Waals surface area contributed by atoms with E-state index in [2.05, 4.69) is 10.2 Å². The van der Waals surface area contributed by atoms with Gasteiger partial charge in [0.05, 0.1) is 11.8 Å². The summed E-state index contributed by atoms with van der Waals surface area (Å²) in [7, 11) is 0. The van der Waals surface area contributed by atoms with Crippen LogP contribution in [0.2, 0.25) is 0 Å². The molecule has 4 nitrogen and oxygen atoms in total. The van der Waals surface area contributed by atoms with E-state index in [0.29, 0.717) is 16.9 Å². The Kier molecular flexibility index (Phi) is 3.22. The van der Waals surface area contributed by atoms with Crippen LogP contribution in [0.1, 0.15) is 5.56 Å². The van der Waals surface area contributed by atoms with Crippen molar-refractivity contribution in [2.45, 2.75) is 12.1 Å². The van der Waals surface area contributed by atoms with Gasteiger partial charge in [-0.2, -0.15) is 5.26 Å². The first-order chi connectivity index (χ1) is 7.79. The molecule has 0 saturated carbocycles. The molecule has 0 atom stereocenters. The molecule has 0 unspecified atom stereocenters. The van der Waals surface area contributed by atoms with E-state index in [1.54, 1.807) is 0 Å². The Labute approximate surface area is 97.3 Å². The second-order valence-corrected chi connectivity index (χ2v) is 4.11. The largest absolute Gasteiger partial charge is 0.411 e. The summed E-state index contributed by atoms with van der Waals surface area (Å²) in [6, 6.07) is 9.85. The summed E-state index contributed by atoms with van der Waals surface area (Å²) in [5, 5.41) is 16.6. The number of benzene rings is 1. The third kappa shape index (κ3) is 2.41. The van der Waals surface area contributed by atoms with Crippen LogP contribution in [0.25, 0.3) is 11.5 Å². The van der Waals surface area contributed by atoms with Gasteiger partial charge in [0.15, 0.2) is 0 Å². The predicted molar refractivity (Wildman–Crippen MR) is 60.8 cm³/mol. The molecule has 0 saturated heterocycles. The normalized spacial score (nSPS) is 10.0. The quantitative estimate of drug-likeness (QED) is 0.760. The topological polar surface area (TPSA) is 62.7 Å². The predicted octanol–water partition coefficient (Wildman–Crippen LogP) is 2.66. The van der Waals surface area contributed by atoms with Gasteiger partial charge in [-0.15, -0.1) is 10.2 Å². The van der Waals surface area contributed by atoms with Crippen LogP contribution in [0.3, 0.4) is 0 Å². The molecule has 0 aliphatic heterocycles. The number of hydrogen-bond donors (Lipinski definition) is 0. The van der Waals surface area contributed by atoms with Gasteiger partial charge in [0.25, 0.3) is 5.22 Å². The fourth-order valence-corrected chi connectivity index (χ4v) is 1.60. The maximum absolute atomic E-state index is 8.42. The Balaban J connectivity index is 2.18. The molecule has 0 spiro atoms. The van der Waals surface area contributed by atoms with E-state index in [1.165, 1.54) is 17.3 Å². The number of rotatable bonds is 3. The van der Waals surface area contributed by atoms with Crippen LogP contribution in [0, 0.1) is 18.3 Å². The Morgan fingerprint density at radius 3 is 2.75 bits per heavy atom. The number of thioether (sulfide) groups is 1. The Hall–Kier alpha value is -1.80. The minimum absolute atomic E-state index is 0.315. The standard InChI is InChI=1S/C11H9N3OS/c1-8-2-4-9(5-3-8)10-13-14-11(15-10)16-7-6-12/h2-5H,7H2,1H3. The van der Waals surface area contributed by atoms with E-state index >= 15 is 0 Å². The molecule has 2 rings (SSSR count). The van der Waals surface area contributed by atoms with Gasteiger partial charge >= 0.3 is 0 Å². The smallest absolute Gasteiger partial charge is 0.277 e. The third-order valence-corrected chi connectivity index (χ3v) is 2.65. The zero-order valence-corrected chi connectivity index (χ0v) is 9.49. The molecule has 80 valence electrons. The van der Waals surface area contributed by atoms with Gasteiger partial charge in [0.2, 0.25) is 5.89 Å². The van der Waals surface area contributed by atoms with E-state index < -0.39 is 0 Å². The van der Waals surface area contributed by atoms with Crippen molar-refractivity contribution in [3.05, 3.63) is 29.8 Å². The van der Waals surface area contributed by atoms with Crippen molar-refractivity contribution in [3.63, 3.8) is 0 Å². The Bertz CT molecular complexity index is 513. The van der Waals surface area contributed by atoms with Gasteiger partial charge < -0.3 is 4.42 Å². The molecule has 0 amide bonds. The van der Waals surface area contributed by atoms with E-state index in [1.807, 2.05) is 37.3 Å². The van der Waals surface area contributed by atoms with E-state index in [0.717, 1.165) is 5.56 Å². The summed E-state index contributed by atoms with van der Waals surface area (Å²) < 4.78 is 5.40. The molecule has 1 heterocycles. The molecule has 0 radical (unpaired) electrons. The summed E-state index contributed by atoms with van der Waals surface area (Å²) in [5.74, 6) is 0.802. The highest BCUT2D eigenvalue weighted by Gasteiger charge is 2.08. The lowest BCUT2D eigenvalue weighted by atomic mass is 10.1. The first-order valence-corrected chi connectivity index (χ1v) is 5.68. The zero-order valence-electron chi connectivity index (χ0n) is 8.67. The van der Waals surface area contributed by atoms with E-state index in [9.17, 15) is 0 Å². The number of aryl methyl sites for hydroxylation is 1. The summed E-state index contributed by atoms with van der Waals surface area (Å²) >= 11 is 1.24. The second kappa shape index (κ2) is 4.81. The highest BCUT2D eigenvalue weighted by Crippen LogP contribution is 2.22. The highest BCUT2D eigenvalue weighted by atomic mass is 32.2. The average Bonchev–Trinajstić information content (AvgIpc) is 2.76. The van der Waals surface area contributed by atoms with Gasteiger partial charge in [-0.05, 0) is 19.1 Å². The maximum atomic E-state index is 8.42. The van der Waals surface area contributed by atoms with Crippen molar-refractivity contribution in [1.29, 1.82) is 5.26 Å². The lowest BCUT2D eigenvalue weighted by Crippen LogP contribution is -1.77. The molecule has 0 bridgehead atoms. The molecule has 0 N–H and O–H groups in total. The van der Waals surface area contributed by atoms with Gasteiger partial charge in [0, 0.05) is 5.56 Å². The summed E-state index contributed by atoms with van der Waals surface area (Å²) in [5.41, 5.74) is 2.07. The first-order valence-electron chi connectivity index (χ1n) is 4.70. The van der Waals surface area contributed by atoms with Gasteiger partial charge in [-0.25, -0.2) is 0 Å². The number of nitrogens with zero attached hydrogens (tertiary/aromatic N) is 3. The van der Waals surface area contributed by atoms with E-state index in [-0.39, 0.29) is 0 Å². The monoisotopic (exact) mass is 231 g/mol. The lowest BCUT2D eigenvalue weighted by Gasteiger charge is -1.94. The highest BCUT2D eigenvalue weighted by molar-refractivity contribution is 7.99. The van der Waals surface area contributed by atoms with Crippen LogP contribution in [-0.2, 0) is 0 Å². The summed E-state index contributed by atoms with van der Waals surface area (Å²) in [4.78, 5) is 0. The lowest BCUT2D eigenvalue weighted by molar-refractivity contribution is 0.466. The Morgan fingerprint density at radius 1 is 1.31 bits per heavy atom. The fraction of sp³-hybridized carbons (Fsp3) is 0.182. The van der Waals surface area contributed by atoms with Crippen LogP contribution in [0.5, 0.6) is 0 Å². The van der Waals surface area contributed by atoms with Crippen LogP contribution in [0.15, 0.2) is 33.9 Å². The summed E-state index contributed by atoms with van der Waals surface area (Å²) in [6.07, 6.45) is 0. The van der Waals surface area contributed by atoms with Crippen molar-refractivity contribution < 1.29 is 4.42 Å². The number of aromatic nitrogens is 2. The van der Waals surface area contributed by atoms with Crippen molar-refractivity contribution in [3.8, 4) is 17.5 Å². The minimum Gasteiger partial charge on any atom is -0.411 e. The molecule has 1 aromatic heterocycles. The number of hydrogen-bond acceptors (Lipinski definition) is 5. The Morgan fingerprint density at radius 2 is 2.06 bits per heavy atom. The SMILES string of the molecule is Cc1ccc(-c2nnc(SCC#N)o2)cc1. The van der Waals surface area contributed by atoms with Crippen molar-refractivity contribution in [2.75, 3.05) is 5.75 Å². The molecule has 1 aromatic carbocycles. The molecule has 2 aromatic rings. The van der Waals surface area contributed by atoms with Gasteiger partial charge in [-0.3, -0.25) is 0 Å². The summed E-state index contributed by atoms with van der Waals surface area (Å²) in [6.45, 7) is 2.02. The average molecular weight is 231 g/mol. The van der Waals surface area contributed by atoms with Crippen molar-refractivity contribution in [2.24, 2.45) is 0 Å². The van der Waals surface area contributed by atoms with Gasteiger partial charge in [0.1, 0.15) is 0 Å². The molecule has 0 aliphatic carbocycles. The van der Waals surface area contributed by atoms with Crippen LogP contribution < -0.4 is 0 Å². The van der Waals surface area contributed by atoms with Gasteiger partial charge in [-0.1, -0.05) is 29.5 Å². The third-order valence-electron chi connectivity index (χ3n) is 1.97. The molecule has 16 heavy (non-hydrogen) atoms. The van der Waals surface area contributed by atoms with E-state index in [4.69, 9.17) is 9.68 Å². The molecular weight excluding hydrogens is 222 g/mol. The van der Waals surface area contributed by atoms with Crippen molar-refractivity contribution >= 4 is 11.8 Å². The van der Waals surface area contributed by atoms with Crippen LogP contribution >= 0.6 is 11.8 Å². The zero-order chi connectivity index (χ0) is 11.4. The maximum Gasteiger partial charge on any atom is 0.277 e. The molecule has 0 fully saturated rings. The molecule has 0 aliphatic rings. The van der Waals surface area contributed by atoms with Crippen LogP contribution in [0.4, 0.5) is 0 Å². The van der Waals surface area contributed by atoms with Crippen molar-refractivity contribution in [1.82, 2.24) is 10.2 Å². The molecular formula is C11H9N3OS. The minimum atomic E-state index is 0.315. The second-order valence-electron chi connectivity index (χ2n) is 3.19. The molecule has 5 heteroatoms. The number of nitriles is 1.